The predicted molar refractivity (Wildman–Crippen MR) is 78.1 cm³/mol. The minimum atomic E-state index is -0.0191. The molecule has 2 amide bonds. The highest BCUT2D eigenvalue weighted by Crippen LogP contribution is 2.15. The summed E-state index contributed by atoms with van der Waals surface area (Å²) < 4.78 is 1.87. The quantitative estimate of drug-likeness (QED) is 0.784. The Morgan fingerprint density at radius 3 is 2.48 bits per heavy atom. The number of carbonyl (C=O) groups excluding carboxylic acids is 2. The Balaban J connectivity index is 1.83. The van der Waals surface area contributed by atoms with Crippen molar-refractivity contribution in [3.05, 3.63) is 35.8 Å². The first-order chi connectivity index (χ1) is 10.1. The molecule has 0 bridgehead atoms. The Labute approximate surface area is 123 Å². The van der Waals surface area contributed by atoms with Crippen LogP contribution in [0.15, 0.2) is 24.5 Å². The molecule has 1 saturated heterocycles. The van der Waals surface area contributed by atoms with Gasteiger partial charge >= 0.3 is 0 Å². The number of imidazole rings is 1. The molecule has 1 aliphatic rings. The molecule has 0 radical (unpaired) electrons. The SMILES string of the molecule is CC(=O)N1CCN(C(=O)c2cccn3cc(C)nc23)CC1. The van der Waals surface area contributed by atoms with Crippen LogP contribution < -0.4 is 0 Å². The normalized spacial score (nSPS) is 15.5. The van der Waals surface area contributed by atoms with E-state index in [4.69, 9.17) is 0 Å². The molecule has 3 rings (SSSR count). The van der Waals surface area contributed by atoms with Gasteiger partial charge < -0.3 is 14.2 Å². The molecule has 1 fully saturated rings. The summed E-state index contributed by atoms with van der Waals surface area (Å²) in [6, 6.07) is 3.66. The number of pyridine rings is 1. The van der Waals surface area contributed by atoms with Gasteiger partial charge in [-0.15, -0.1) is 0 Å². The smallest absolute Gasteiger partial charge is 0.257 e. The summed E-state index contributed by atoms with van der Waals surface area (Å²) in [6.45, 7) is 5.80. The maximum absolute atomic E-state index is 12.7. The molecule has 0 aliphatic carbocycles. The van der Waals surface area contributed by atoms with Crippen LogP contribution >= 0.6 is 0 Å². The van der Waals surface area contributed by atoms with Gasteiger partial charge in [-0.2, -0.15) is 0 Å². The monoisotopic (exact) mass is 286 g/mol. The molecule has 0 unspecified atom stereocenters. The number of fused-ring (bicyclic) bond motifs is 1. The molecule has 1 aliphatic heterocycles. The van der Waals surface area contributed by atoms with Crippen LogP contribution in [0.3, 0.4) is 0 Å². The van der Waals surface area contributed by atoms with Crippen LogP contribution in [0.1, 0.15) is 23.0 Å². The second-order valence-electron chi connectivity index (χ2n) is 5.33. The molecule has 0 saturated carbocycles. The van der Waals surface area contributed by atoms with E-state index >= 15 is 0 Å². The topological polar surface area (TPSA) is 57.9 Å². The van der Waals surface area contributed by atoms with E-state index in [9.17, 15) is 9.59 Å². The van der Waals surface area contributed by atoms with E-state index in [2.05, 4.69) is 4.98 Å². The Kier molecular flexibility index (Phi) is 3.37. The van der Waals surface area contributed by atoms with E-state index < -0.39 is 0 Å². The zero-order valence-electron chi connectivity index (χ0n) is 12.2. The van der Waals surface area contributed by atoms with E-state index in [-0.39, 0.29) is 11.8 Å². The Bertz CT molecular complexity index is 699. The third-order valence-corrected chi connectivity index (χ3v) is 3.85. The molecule has 21 heavy (non-hydrogen) atoms. The lowest BCUT2D eigenvalue weighted by molar-refractivity contribution is -0.130. The molecule has 0 aromatic carbocycles. The van der Waals surface area contributed by atoms with Gasteiger partial charge in [0.15, 0.2) is 0 Å². The summed E-state index contributed by atoms with van der Waals surface area (Å²) in [5.41, 5.74) is 2.19. The van der Waals surface area contributed by atoms with Crippen LogP contribution in [0.4, 0.5) is 0 Å². The molecular weight excluding hydrogens is 268 g/mol. The van der Waals surface area contributed by atoms with Crippen LogP contribution in [0.2, 0.25) is 0 Å². The van der Waals surface area contributed by atoms with Gasteiger partial charge in [-0.05, 0) is 19.1 Å². The van der Waals surface area contributed by atoms with E-state index in [0.717, 1.165) is 5.69 Å². The van der Waals surface area contributed by atoms with Gasteiger partial charge in [-0.1, -0.05) is 0 Å². The Hall–Kier alpha value is -2.37. The molecule has 0 atom stereocenters. The highest BCUT2D eigenvalue weighted by Gasteiger charge is 2.24. The van der Waals surface area contributed by atoms with Crippen molar-refractivity contribution in [1.82, 2.24) is 19.2 Å². The lowest BCUT2D eigenvalue weighted by atomic mass is 10.2. The standard InChI is InChI=1S/C15H18N4O2/c1-11-10-19-5-3-4-13(14(19)16-11)15(21)18-8-6-17(7-9-18)12(2)20/h3-5,10H,6-9H2,1-2H3. The van der Waals surface area contributed by atoms with Crippen LogP contribution in [0.5, 0.6) is 0 Å². The molecule has 6 nitrogen and oxygen atoms in total. The number of aryl methyl sites for hydroxylation is 1. The third-order valence-electron chi connectivity index (χ3n) is 3.85. The lowest BCUT2D eigenvalue weighted by Crippen LogP contribution is -2.50. The first-order valence-electron chi connectivity index (χ1n) is 7.05. The van der Waals surface area contributed by atoms with Crippen molar-refractivity contribution in [1.29, 1.82) is 0 Å². The fourth-order valence-corrected chi connectivity index (χ4v) is 2.70. The summed E-state index contributed by atoms with van der Waals surface area (Å²) >= 11 is 0. The van der Waals surface area contributed by atoms with Crippen LogP contribution in [0, 0.1) is 6.92 Å². The summed E-state index contributed by atoms with van der Waals surface area (Å²) in [5, 5.41) is 0. The number of rotatable bonds is 1. The largest absolute Gasteiger partial charge is 0.339 e. The van der Waals surface area contributed by atoms with Gasteiger partial charge in [0.05, 0.1) is 11.3 Å². The maximum Gasteiger partial charge on any atom is 0.257 e. The maximum atomic E-state index is 12.7. The minimum absolute atomic E-state index is 0.0191. The molecule has 110 valence electrons. The summed E-state index contributed by atoms with van der Waals surface area (Å²) in [4.78, 5) is 32.0. The molecule has 2 aromatic heterocycles. The molecule has 0 N–H and O–H groups in total. The fourth-order valence-electron chi connectivity index (χ4n) is 2.70. The Morgan fingerprint density at radius 2 is 1.81 bits per heavy atom. The number of amides is 2. The van der Waals surface area contributed by atoms with Crippen molar-refractivity contribution >= 4 is 17.5 Å². The predicted octanol–water partition coefficient (Wildman–Crippen LogP) is 0.947. The van der Waals surface area contributed by atoms with Gasteiger partial charge in [0.25, 0.3) is 5.91 Å². The number of aromatic nitrogens is 2. The van der Waals surface area contributed by atoms with Crippen molar-refractivity contribution < 1.29 is 9.59 Å². The van der Waals surface area contributed by atoms with Gasteiger partial charge in [0.2, 0.25) is 5.91 Å². The van der Waals surface area contributed by atoms with Gasteiger partial charge in [-0.3, -0.25) is 9.59 Å². The van der Waals surface area contributed by atoms with E-state index in [1.165, 1.54) is 0 Å². The van der Waals surface area contributed by atoms with Gasteiger partial charge in [-0.25, -0.2) is 4.98 Å². The van der Waals surface area contributed by atoms with Crippen molar-refractivity contribution in [2.24, 2.45) is 0 Å². The number of carbonyl (C=O) groups is 2. The first kappa shape index (κ1) is 13.6. The highest BCUT2D eigenvalue weighted by atomic mass is 16.2. The molecule has 3 heterocycles. The summed E-state index contributed by atoms with van der Waals surface area (Å²) in [5.74, 6) is 0.0440. The zero-order chi connectivity index (χ0) is 15.0. The van der Waals surface area contributed by atoms with Gasteiger partial charge in [0.1, 0.15) is 5.65 Å². The van der Waals surface area contributed by atoms with Crippen molar-refractivity contribution in [3.8, 4) is 0 Å². The van der Waals surface area contributed by atoms with Crippen LogP contribution in [-0.4, -0.2) is 57.2 Å². The van der Waals surface area contributed by atoms with Crippen molar-refractivity contribution in [2.45, 2.75) is 13.8 Å². The molecule has 2 aromatic rings. The van der Waals surface area contributed by atoms with Crippen LogP contribution in [-0.2, 0) is 4.79 Å². The molecular formula is C15H18N4O2. The summed E-state index contributed by atoms with van der Waals surface area (Å²) in [7, 11) is 0. The van der Waals surface area contributed by atoms with Crippen molar-refractivity contribution in [3.63, 3.8) is 0 Å². The number of hydrogen-bond donors (Lipinski definition) is 0. The highest BCUT2D eigenvalue weighted by molar-refractivity contribution is 6.00. The zero-order valence-corrected chi connectivity index (χ0v) is 12.2. The number of piperazine rings is 1. The minimum Gasteiger partial charge on any atom is -0.339 e. The third kappa shape index (κ3) is 2.49. The Morgan fingerprint density at radius 1 is 1.14 bits per heavy atom. The van der Waals surface area contributed by atoms with Crippen LogP contribution in [0.25, 0.3) is 5.65 Å². The second kappa shape index (κ2) is 5.20. The van der Waals surface area contributed by atoms with E-state index in [1.807, 2.05) is 29.8 Å². The van der Waals surface area contributed by atoms with E-state index in [1.54, 1.807) is 22.8 Å². The molecule has 0 spiro atoms. The lowest BCUT2D eigenvalue weighted by Gasteiger charge is -2.34. The number of nitrogens with zero attached hydrogens (tertiary/aromatic N) is 4. The average Bonchev–Trinajstić information content (AvgIpc) is 2.86. The molecule has 6 heteroatoms. The number of hydrogen-bond acceptors (Lipinski definition) is 3. The van der Waals surface area contributed by atoms with Crippen molar-refractivity contribution in [2.75, 3.05) is 26.2 Å². The van der Waals surface area contributed by atoms with Gasteiger partial charge in [0, 0.05) is 45.5 Å². The fraction of sp³-hybridized carbons (Fsp3) is 0.400. The summed E-state index contributed by atoms with van der Waals surface area (Å²) in [6.07, 6.45) is 3.79. The van der Waals surface area contributed by atoms with E-state index in [0.29, 0.717) is 37.4 Å². The average molecular weight is 286 g/mol. The second-order valence-corrected chi connectivity index (χ2v) is 5.33. The first-order valence-corrected chi connectivity index (χ1v) is 7.05.